The molecule has 0 aromatic heterocycles. The van der Waals surface area contributed by atoms with Gasteiger partial charge in [-0.15, -0.1) is 0 Å². The molecule has 1 aliphatic carbocycles. The largest absolute Gasteiger partial charge is 0.333 e. The average molecular weight is 325 g/mol. The molecule has 1 atom stereocenters. The molecule has 0 N–H and O–H groups in total. The second-order valence-corrected chi connectivity index (χ2v) is 7.45. The number of halogens is 1. The molecular formula is C20H37FN2. The topological polar surface area (TPSA) is 6.48 Å². The maximum absolute atomic E-state index is 15.0. The first-order valence-corrected chi connectivity index (χ1v) is 9.43. The van der Waals surface area contributed by atoms with Crippen molar-refractivity contribution in [1.82, 2.24) is 9.80 Å². The van der Waals surface area contributed by atoms with Gasteiger partial charge in [0, 0.05) is 6.04 Å². The Morgan fingerprint density at radius 1 is 1.09 bits per heavy atom. The van der Waals surface area contributed by atoms with E-state index >= 15 is 0 Å². The van der Waals surface area contributed by atoms with E-state index in [9.17, 15) is 4.39 Å². The summed E-state index contributed by atoms with van der Waals surface area (Å²) in [5, 5.41) is 0. The molecular weight excluding hydrogens is 287 g/mol. The Kier molecular flexibility index (Phi) is 7.83. The van der Waals surface area contributed by atoms with Crippen LogP contribution in [0.4, 0.5) is 4.39 Å². The normalized spacial score (nSPS) is 17.4. The molecule has 0 aliphatic heterocycles. The monoisotopic (exact) mass is 324 g/mol. The van der Waals surface area contributed by atoms with Crippen molar-refractivity contribution in [1.29, 1.82) is 0 Å². The molecule has 1 aliphatic rings. The molecule has 1 rings (SSSR count). The predicted molar refractivity (Wildman–Crippen MR) is 98.2 cm³/mol. The fourth-order valence-corrected chi connectivity index (χ4v) is 3.77. The summed E-state index contributed by atoms with van der Waals surface area (Å²) in [6.45, 7) is 15.9. The Hall–Kier alpha value is -0.790. The summed E-state index contributed by atoms with van der Waals surface area (Å²) >= 11 is 0. The van der Waals surface area contributed by atoms with Crippen LogP contribution in [-0.2, 0) is 0 Å². The second-order valence-electron chi connectivity index (χ2n) is 7.45. The molecule has 0 bridgehead atoms. The van der Waals surface area contributed by atoms with Crippen LogP contribution in [0, 0.1) is 0 Å². The minimum absolute atomic E-state index is 0.111. The third-order valence-corrected chi connectivity index (χ3v) is 4.87. The maximum atomic E-state index is 15.0. The van der Waals surface area contributed by atoms with E-state index in [2.05, 4.69) is 45.2 Å². The first-order valence-electron chi connectivity index (χ1n) is 9.43. The van der Waals surface area contributed by atoms with E-state index in [-0.39, 0.29) is 12.1 Å². The molecule has 0 radical (unpaired) electrons. The predicted octanol–water partition coefficient (Wildman–Crippen LogP) is 5.51. The van der Waals surface area contributed by atoms with Gasteiger partial charge in [0.15, 0.2) is 5.79 Å². The third-order valence-electron chi connectivity index (χ3n) is 4.87. The number of alkyl halides is 1. The lowest BCUT2D eigenvalue weighted by atomic mass is 9.94. The summed E-state index contributed by atoms with van der Waals surface area (Å²) in [7, 11) is 0. The number of rotatable bonds is 7. The van der Waals surface area contributed by atoms with E-state index in [4.69, 9.17) is 0 Å². The van der Waals surface area contributed by atoms with Crippen molar-refractivity contribution in [2.75, 3.05) is 13.1 Å². The van der Waals surface area contributed by atoms with Crippen molar-refractivity contribution < 1.29 is 4.39 Å². The van der Waals surface area contributed by atoms with Gasteiger partial charge in [-0.05, 0) is 79.0 Å². The Bertz CT molecular complexity index is 415. The summed E-state index contributed by atoms with van der Waals surface area (Å²) in [5.41, 5.74) is 6.07. The van der Waals surface area contributed by atoms with Gasteiger partial charge in [0.25, 0.3) is 0 Å². The third kappa shape index (κ3) is 5.65. The highest BCUT2D eigenvalue weighted by Gasteiger charge is 2.33. The van der Waals surface area contributed by atoms with Gasteiger partial charge in [0.05, 0.1) is 11.7 Å². The van der Waals surface area contributed by atoms with Gasteiger partial charge in [-0.1, -0.05) is 26.0 Å². The van der Waals surface area contributed by atoms with Crippen LogP contribution in [0.2, 0.25) is 0 Å². The van der Waals surface area contributed by atoms with Crippen LogP contribution in [-0.4, -0.2) is 40.8 Å². The molecule has 0 aromatic rings. The lowest BCUT2D eigenvalue weighted by Crippen LogP contribution is -2.49. The Labute approximate surface area is 143 Å². The van der Waals surface area contributed by atoms with Crippen molar-refractivity contribution in [2.24, 2.45) is 0 Å². The fourth-order valence-electron chi connectivity index (χ4n) is 3.77. The second kappa shape index (κ2) is 8.89. The molecule has 0 spiro atoms. The Balaban J connectivity index is 3.37. The summed E-state index contributed by atoms with van der Waals surface area (Å²) in [6, 6.07) is 0.288. The molecule has 0 aromatic carbocycles. The first-order chi connectivity index (χ1) is 10.7. The molecule has 1 saturated carbocycles. The number of nitrogens with zero attached hydrogens (tertiary/aromatic N) is 2. The minimum Gasteiger partial charge on any atom is -0.333 e. The zero-order valence-electron chi connectivity index (χ0n) is 16.4. The van der Waals surface area contributed by atoms with E-state index in [1.54, 1.807) is 13.8 Å². The van der Waals surface area contributed by atoms with Gasteiger partial charge < -0.3 is 4.90 Å². The SMILES string of the molecule is CCN(CC)C(C)C(=C=C1CCCCC1)N(C(C)C)C(C)(C)F. The van der Waals surface area contributed by atoms with Crippen LogP contribution >= 0.6 is 0 Å². The van der Waals surface area contributed by atoms with E-state index in [1.807, 2.05) is 4.90 Å². The van der Waals surface area contributed by atoms with E-state index in [0.29, 0.717) is 0 Å². The maximum Gasteiger partial charge on any atom is 0.177 e. The highest BCUT2D eigenvalue weighted by Crippen LogP contribution is 2.30. The molecule has 3 heteroatoms. The summed E-state index contributed by atoms with van der Waals surface area (Å²) in [6.07, 6.45) is 6.04. The van der Waals surface area contributed by atoms with Gasteiger partial charge in [-0.2, -0.15) is 0 Å². The van der Waals surface area contributed by atoms with E-state index in [0.717, 1.165) is 31.6 Å². The van der Waals surface area contributed by atoms with Crippen LogP contribution < -0.4 is 0 Å². The highest BCUT2D eigenvalue weighted by molar-refractivity contribution is 5.17. The molecule has 1 fully saturated rings. The zero-order chi connectivity index (χ0) is 17.6. The van der Waals surface area contributed by atoms with Crippen molar-refractivity contribution in [3.8, 4) is 0 Å². The van der Waals surface area contributed by atoms with Crippen molar-refractivity contribution in [3.63, 3.8) is 0 Å². The smallest absolute Gasteiger partial charge is 0.177 e. The van der Waals surface area contributed by atoms with Gasteiger partial charge in [0.2, 0.25) is 0 Å². The van der Waals surface area contributed by atoms with E-state index < -0.39 is 5.79 Å². The van der Waals surface area contributed by atoms with Crippen molar-refractivity contribution in [3.05, 3.63) is 17.0 Å². The molecule has 134 valence electrons. The van der Waals surface area contributed by atoms with Crippen LogP contribution in [0.1, 0.15) is 80.6 Å². The molecule has 1 unspecified atom stereocenters. The Morgan fingerprint density at radius 3 is 2.00 bits per heavy atom. The molecule has 0 saturated heterocycles. The van der Waals surface area contributed by atoms with Crippen molar-refractivity contribution in [2.45, 2.75) is 98.4 Å². The van der Waals surface area contributed by atoms with Gasteiger partial charge in [0.1, 0.15) is 0 Å². The quantitative estimate of drug-likeness (QED) is 0.450. The van der Waals surface area contributed by atoms with Gasteiger partial charge in [-0.25, -0.2) is 4.39 Å². The standard InChI is InChI=1S/C20H37FN2/c1-8-22(9-2)17(5)19(15-18-13-11-10-12-14-18)23(16(3)4)20(6,7)21/h16-17H,8-14H2,1-7H3. The summed E-state index contributed by atoms with van der Waals surface area (Å²) in [4.78, 5) is 4.31. The zero-order valence-corrected chi connectivity index (χ0v) is 16.4. The van der Waals surface area contributed by atoms with E-state index in [1.165, 1.54) is 24.8 Å². The lowest BCUT2D eigenvalue weighted by molar-refractivity contribution is -0.00760. The molecule has 2 nitrogen and oxygen atoms in total. The summed E-state index contributed by atoms with van der Waals surface area (Å²) < 4.78 is 15.0. The number of hydrogen-bond acceptors (Lipinski definition) is 2. The first kappa shape index (κ1) is 20.3. The minimum atomic E-state index is -1.38. The average Bonchev–Trinajstić information content (AvgIpc) is 2.47. The van der Waals surface area contributed by atoms with Crippen molar-refractivity contribution >= 4 is 0 Å². The summed E-state index contributed by atoms with van der Waals surface area (Å²) in [5.74, 6) is -1.38. The molecule has 0 heterocycles. The van der Waals surface area contributed by atoms with Crippen LogP contribution in [0.15, 0.2) is 17.0 Å². The number of likely N-dealkylation sites (N-methyl/N-ethyl adjacent to an activating group) is 1. The highest BCUT2D eigenvalue weighted by atomic mass is 19.1. The van der Waals surface area contributed by atoms with Gasteiger partial charge >= 0.3 is 0 Å². The molecule has 23 heavy (non-hydrogen) atoms. The van der Waals surface area contributed by atoms with Crippen LogP contribution in [0.3, 0.4) is 0 Å². The van der Waals surface area contributed by atoms with Gasteiger partial charge in [-0.3, -0.25) is 4.90 Å². The lowest BCUT2D eigenvalue weighted by Gasteiger charge is -2.42. The Morgan fingerprint density at radius 2 is 1.61 bits per heavy atom. The fraction of sp³-hybridized carbons (Fsp3) is 0.850. The number of hydrogen-bond donors (Lipinski definition) is 0. The molecule has 0 amide bonds. The van der Waals surface area contributed by atoms with Crippen LogP contribution in [0.5, 0.6) is 0 Å². The van der Waals surface area contributed by atoms with Crippen LogP contribution in [0.25, 0.3) is 0 Å².